The first kappa shape index (κ1) is 18.2. The molecule has 3 aromatic rings. The maximum absolute atomic E-state index is 12.0. The van der Waals surface area contributed by atoms with Gasteiger partial charge >= 0.3 is 0 Å². The molecule has 0 spiro atoms. The van der Waals surface area contributed by atoms with Crippen LogP contribution in [0.15, 0.2) is 65.7 Å². The van der Waals surface area contributed by atoms with Gasteiger partial charge < -0.3 is 5.32 Å². The van der Waals surface area contributed by atoms with Crippen LogP contribution in [-0.4, -0.2) is 37.8 Å². The van der Waals surface area contributed by atoms with Gasteiger partial charge in [-0.25, -0.2) is 9.36 Å². The van der Waals surface area contributed by atoms with Crippen molar-refractivity contribution in [2.75, 3.05) is 6.54 Å². The fraction of sp³-hybridized carbons (Fsp3) is 0.211. The molecule has 0 saturated carbocycles. The second-order valence-corrected chi connectivity index (χ2v) is 5.84. The van der Waals surface area contributed by atoms with E-state index in [0.717, 1.165) is 0 Å². The largest absolute Gasteiger partial charge is 0.354 e. The number of ketones is 1. The van der Waals surface area contributed by atoms with E-state index in [1.807, 2.05) is 6.07 Å². The van der Waals surface area contributed by atoms with Crippen LogP contribution in [0, 0.1) is 0 Å². The second kappa shape index (κ2) is 8.70. The maximum atomic E-state index is 12.0. The number of nitrogens with zero attached hydrogens (tertiary/aromatic N) is 4. The first-order valence-corrected chi connectivity index (χ1v) is 8.56. The third-order valence-corrected chi connectivity index (χ3v) is 3.91. The minimum absolute atomic E-state index is 0.0736. The monoisotopic (exact) mass is 365 g/mol. The summed E-state index contributed by atoms with van der Waals surface area (Å²) in [4.78, 5) is 35.8. The summed E-state index contributed by atoms with van der Waals surface area (Å²) in [6.45, 7) is 0.472. The van der Waals surface area contributed by atoms with E-state index in [9.17, 15) is 14.4 Å². The number of carbonyl (C=O) groups excluding carboxylic acids is 2. The molecule has 3 rings (SSSR count). The Kier molecular flexibility index (Phi) is 5.88. The van der Waals surface area contributed by atoms with Crippen LogP contribution in [-0.2, 0) is 11.3 Å². The predicted molar refractivity (Wildman–Crippen MR) is 98.6 cm³/mol. The highest BCUT2D eigenvalue weighted by molar-refractivity contribution is 5.97. The Morgan fingerprint density at radius 1 is 1.00 bits per heavy atom. The Hall–Kier alpha value is -3.55. The molecule has 2 heterocycles. The van der Waals surface area contributed by atoms with E-state index < -0.39 is 0 Å². The lowest BCUT2D eigenvalue weighted by Crippen LogP contribution is -2.32. The van der Waals surface area contributed by atoms with Gasteiger partial charge in [-0.05, 0) is 12.1 Å². The van der Waals surface area contributed by atoms with E-state index in [1.54, 1.807) is 53.5 Å². The minimum atomic E-state index is -0.264. The highest BCUT2D eigenvalue weighted by Crippen LogP contribution is 2.05. The lowest BCUT2D eigenvalue weighted by molar-refractivity contribution is -0.121. The summed E-state index contributed by atoms with van der Waals surface area (Å²) in [7, 11) is 0. The Balaban J connectivity index is 1.48. The molecular formula is C19H19N5O3. The van der Waals surface area contributed by atoms with Crippen molar-refractivity contribution in [2.45, 2.75) is 19.4 Å². The van der Waals surface area contributed by atoms with Crippen molar-refractivity contribution in [2.24, 2.45) is 0 Å². The van der Waals surface area contributed by atoms with E-state index in [2.05, 4.69) is 15.5 Å². The quantitative estimate of drug-likeness (QED) is 0.605. The van der Waals surface area contributed by atoms with E-state index in [1.165, 1.54) is 10.7 Å². The first-order valence-electron chi connectivity index (χ1n) is 8.56. The van der Waals surface area contributed by atoms with Crippen molar-refractivity contribution >= 4 is 11.7 Å². The summed E-state index contributed by atoms with van der Waals surface area (Å²) in [5, 5.41) is 11.0. The number of hydrogen-bond donors (Lipinski definition) is 1. The van der Waals surface area contributed by atoms with Gasteiger partial charge in [0.25, 0.3) is 5.56 Å². The number of hydrogen-bond acceptors (Lipinski definition) is 5. The van der Waals surface area contributed by atoms with Crippen molar-refractivity contribution < 1.29 is 9.59 Å². The van der Waals surface area contributed by atoms with Crippen molar-refractivity contribution in [3.8, 4) is 5.82 Å². The molecular weight excluding hydrogens is 346 g/mol. The van der Waals surface area contributed by atoms with E-state index in [0.29, 0.717) is 11.4 Å². The zero-order valence-electron chi connectivity index (χ0n) is 14.6. The molecule has 2 aromatic heterocycles. The van der Waals surface area contributed by atoms with Crippen LogP contribution in [0.4, 0.5) is 0 Å². The third kappa shape index (κ3) is 4.97. The van der Waals surface area contributed by atoms with Crippen LogP contribution >= 0.6 is 0 Å². The molecule has 0 radical (unpaired) electrons. The average Bonchev–Trinajstić information content (AvgIpc) is 3.23. The standard InChI is InChI=1S/C19H19N5O3/c25-16(15-5-2-1-3-6-15)7-9-18(26)20-12-14-24-19(27)10-8-17(22-24)23-13-4-11-21-23/h1-6,8,10-11,13H,7,9,12,14H2,(H,20,26). The Labute approximate surface area is 155 Å². The maximum Gasteiger partial charge on any atom is 0.266 e. The lowest BCUT2D eigenvalue weighted by atomic mass is 10.1. The summed E-state index contributed by atoms with van der Waals surface area (Å²) < 4.78 is 2.82. The van der Waals surface area contributed by atoms with Gasteiger partial charge in [0.2, 0.25) is 5.91 Å². The number of aromatic nitrogens is 4. The number of amides is 1. The SMILES string of the molecule is O=C(CCC(=O)c1ccccc1)NCCn1nc(-n2cccn2)ccc1=O. The van der Waals surface area contributed by atoms with Crippen LogP contribution in [0.5, 0.6) is 0 Å². The Morgan fingerprint density at radius 2 is 1.81 bits per heavy atom. The lowest BCUT2D eigenvalue weighted by Gasteiger charge is -2.08. The molecule has 27 heavy (non-hydrogen) atoms. The van der Waals surface area contributed by atoms with Gasteiger partial charge in [0.05, 0.1) is 6.54 Å². The average molecular weight is 365 g/mol. The van der Waals surface area contributed by atoms with Crippen LogP contribution < -0.4 is 10.9 Å². The topological polar surface area (TPSA) is 98.9 Å². The van der Waals surface area contributed by atoms with Crippen molar-refractivity contribution in [3.05, 3.63) is 76.8 Å². The molecule has 138 valence electrons. The molecule has 8 heteroatoms. The normalized spacial score (nSPS) is 10.5. The van der Waals surface area contributed by atoms with Crippen molar-refractivity contribution in [1.29, 1.82) is 0 Å². The number of Topliss-reactive ketones (excluding diaryl/α,β-unsaturated/α-hetero) is 1. The van der Waals surface area contributed by atoms with Crippen LogP contribution in [0.3, 0.4) is 0 Å². The van der Waals surface area contributed by atoms with Crippen LogP contribution in [0.2, 0.25) is 0 Å². The van der Waals surface area contributed by atoms with Gasteiger partial charge in [0.1, 0.15) is 0 Å². The molecule has 0 atom stereocenters. The smallest absolute Gasteiger partial charge is 0.266 e. The molecule has 0 unspecified atom stereocenters. The predicted octanol–water partition coefficient (Wildman–Crippen LogP) is 1.21. The highest BCUT2D eigenvalue weighted by atomic mass is 16.2. The summed E-state index contributed by atoms with van der Waals surface area (Å²) in [5.74, 6) is 0.200. The summed E-state index contributed by atoms with van der Waals surface area (Å²) in [6.07, 6.45) is 3.59. The van der Waals surface area contributed by atoms with Gasteiger partial charge in [-0.3, -0.25) is 14.4 Å². The fourth-order valence-corrected chi connectivity index (χ4v) is 2.51. The molecule has 1 N–H and O–H groups in total. The number of benzene rings is 1. The molecule has 0 aliphatic heterocycles. The second-order valence-electron chi connectivity index (χ2n) is 5.84. The zero-order valence-corrected chi connectivity index (χ0v) is 14.6. The molecule has 1 amide bonds. The van der Waals surface area contributed by atoms with Crippen molar-refractivity contribution in [3.63, 3.8) is 0 Å². The summed E-state index contributed by atoms with van der Waals surface area (Å²) in [6, 6.07) is 13.6. The van der Waals surface area contributed by atoms with Crippen molar-refractivity contribution in [1.82, 2.24) is 24.9 Å². The molecule has 0 fully saturated rings. The van der Waals surface area contributed by atoms with Crippen LogP contribution in [0.25, 0.3) is 5.82 Å². The summed E-state index contributed by atoms with van der Waals surface area (Å²) in [5.41, 5.74) is 0.330. The number of carbonyl (C=O) groups is 2. The number of nitrogens with one attached hydrogen (secondary N) is 1. The third-order valence-electron chi connectivity index (χ3n) is 3.91. The Morgan fingerprint density at radius 3 is 2.56 bits per heavy atom. The highest BCUT2D eigenvalue weighted by Gasteiger charge is 2.09. The molecule has 0 aliphatic rings. The van der Waals surface area contributed by atoms with Gasteiger partial charge in [0.15, 0.2) is 11.6 Å². The molecule has 1 aromatic carbocycles. The minimum Gasteiger partial charge on any atom is -0.354 e. The van der Waals surface area contributed by atoms with Gasteiger partial charge in [-0.2, -0.15) is 5.10 Å². The van der Waals surface area contributed by atoms with Crippen LogP contribution in [0.1, 0.15) is 23.2 Å². The molecule has 8 nitrogen and oxygen atoms in total. The Bertz CT molecular complexity index is 965. The number of rotatable bonds is 8. The molecule has 0 saturated heterocycles. The first-order chi connectivity index (χ1) is 13.1. The molecule has 0 aliphatic carbocycles. The van der Waals surface area contributed by atoms with Gasteiger partial charge in [-0.15, -0.1) is 5.10 Å². The summed E-state index contributed by atoms with van der Waals surface area (Å²) >= 11 is 0. The van der Waals surface area contributed by atoms with E-state index in [-0.39, 0.29) is 43.2 Å². The van der Waals surface area contributed by atoms with Gasteiger partial charge in [0, 0.05) is 43.4 Å². The fourth-order valence-electron chi connectivity index (χ4n) is 2.51. The molecule has 0 bridgehead atoms. The van der Waals surface area contributed by atoms with E-state index in [4.69, 9.17) is 0 Å². The van der Waals surface area contributed by atoms with E-state index >= 15 is 0 Å². The zero-order chi connectivity index (χ0) is 19.1. The van der Waals surface area contributed by atoms with Gasteiger partial charge in [-0.1, -0.05) is 30.3 Å².